The van der Waals surface area contributed by atoms with E-state index >= 15 is 0 Å². The van der Waals surface area contributed by atoms with Crippen molar-refractivity contribution in [2.45, 2.75) is 50.9 Å². The molecule has 1 amide bonds. The first kappa shape index (κ1) is 16.3. The van der Waals surface area contributed by atoms with E-state index in [1.807, 2.05) is 11.0 Å². The lowest BCUT2D eigenvalue weighted by Gasteiger charge is -2.30. The van der Waals surface area contributed by atoms with Crippen molar-refractivity contribution in [1.82, 2.24) is 15.0 Å². The van der Waals surface area contributed by atoms with E-state index in [9.17, 15) is 4.79 Å². The summed E-state index contributed by atoms with van der Waals surface area (Å²) in [7, 11) is 0. The number of rotatable bonds is 5. The van der Waals surface area contributed by atoms with Crippen LogP contribution in [0.5, 0.6) is 0 Å². The molecule has 1 aliphatic heterocycles. The Morgan fingerprint density at radius 3 is 2.72 bits per heavy atom. The normalized spacial score (nSPS) is 23.6. The molecule has 2 aromatic rings. The molecule has 0 unspecified atom stereocenters. The summed E-state index contributed by atoms with van der Waals surface area (Å²) in [6.07, 6.45) is 4.72. The van der Waals surface area contributed by atoms with Gasteiger partial charge in [0.05, 0.1) is 0 Å². The average Bonchev–Trinajstić information content (AvgIpc) is 3.33. The van der Waals surface area contributed by atoms with Gasteiger partial charge in [0, 0.05) is 31.3 Å². The highest BCUT2D eigenvalue weighted by Gasteiger charge is 2.46. The minimum absolute atomic E-state index is 0.179. The highest BCUT2D eigenvalue weighted by atomic mass is 16.5. The van der Waals surface area contributed by atoms with Crippen LogP contribution in [-0.2, 0) is 11.2 Å². The number of likely N-dealkylation sites (tertiary alicyclic amines) is 1. The van der Waals surface area contributed by atoms with Gasteiger partial charge >= 0.3 is 0 Å². The molecule has 1 saturated carbocycles. The maximum Gasteiger partial charge on any atom is 0.229 e. The lowest BCUT2D eigenvalue weighted by atomic mass is 9.96. The zero-order valence-electron chi connectivity index (χ0n) is 14.7. The van der Waals surface area contributed by atoms with Crippen LogP contribution in [0.4, 0.5) is 0 Å². The molecular weight excluding hydrogens is 314 g/mol. The van der Waals surface area contributed by atoms with Crippen molar-refractivity contribution in [3.05, 3.63) is 47.6 Å². The van der Waals surface area contributed by atoms with Crippen LogP contribution in [0.3, 0.4) is 0 Å². The van der Waals surface area contributed by atoms with Crippen LogP contribution in [0.2, 0.25) is 0 Å². The molecule has 132 valence electrons. The first-order valence-corrected chi connectivity index (χ1v) is 9.42. The summed E-state index contributed by atoms with van der Waals surface area (Å²) in [5, 5.41) is 4.05. The highest BCUT2D eigenvalue weighted by Crippen LogP contribution is 2.48. The van der Waals surface area contributed by atoms with E-state index in [1.165, 1.54) is 5.56 Å². The van der Waals surface area contributed by atoms with Crippen molar-refractivity contribution in [3.63, 3.8) is 0 Å². The number of amides is 1. The number of nitrogens with zero attached hydrogens (tertiary/aromatic N) is 3. The summed E-state index contributed by atoms with van der Waals surface area (Å²) in [5.74, 6) is 2.78. The maximum atomic E-state index is 12.8. The molecular formula is C20H25N3O2. The van der Waals surface area contributed by atoms with Crippen LogP contribution in [0.25, 0.3) is 0 Å². The molecule has 4 rings (SSSR count). The summed E-state index contributed by atoms with van der Waals surface area (Å²) in [6.45, 7) is 3.71. The fourth-order valence-electron chi connectivity index (χ4n) is 3.88. The van der Waals surface area contributed by atoms with E-state index < -0.39 is 0 Å². The van der Waals surface area contributed by atoms with Crippen LogP contribution >= 0.6 is 0 Å². The minimum atomic E-state index is 0.179. The topological polar surface area (TPSA) is 59.2 Å². The summed E-state index contributed by atoms with van der Waals surface area (Å²) in [4.78, 5) is 19.3. The second-order valence-electron chi connectivity index (χ2n) is 7.26. The highest BCUT2D eigenvalue weighted by molar-refractivity contribution is 5.83. The molecule has 2 atom stereocenters. The molecule has 2 fully saturated rings. The van der Waals surface area contributed by atoms with Gasteiger partial charge in [-0.05, 0) is 37.2 Å². The van der Waals surface area contributed by atoms with Crippen molar-refractivity contribution in [2.24, 2.45) is 5.92 Å². The molecule has 0 spiro atoms. The molecule has 1 saturated heterocycles. The monoisotopic (exact) mass is 339 g/mol. The van der Waals surface area contributed by atoms with E-state index in [0.717, 1.165) is 56.9 Å². The molecule has 25 heavy (non-hydrogen) atoms. The van der Waals surface area contributed by atoms with Gasteiger partial charge in [-0.3, -0.25) is 4.79 Å². The number of hydrogen-bond acceptors (Lipinski definition) is 4. The molecule has 0 radical (unpaired) electrons. The smallest absolute Gasteiger partial charge is 0.229 e. The van der Waals surface area contributed by atoms with Gasteiger partial charge in [0.1, 0.15) is 0 Å². The van der Waals surface area contributed by atoms with Crippen molar-refractivity contribution in [1.29, 1.82) is 0 Å². The number of aromatic nitrogens is 2. The third-order valence-corrected chi connectivity index (χ3v) is 5.45. The molecule has 0 N–H and O–H groups in total. The minimum Gasteiger partial charge on any atom is -0.342 e. The van der Waals surface area contributed by atoms with E-state index in [-0.39, 0.29) is 5.92 Å². The fourth-order valence-corrected chi connectivity index (χ4v) is 3.88. The van der Waals surface area contributed by atoms with Gasteiger partial charge in [-0.25, -0.2) is 0 Å². The standard InChI is InChI=1S/C20H25N3O2/c1-2-6-18-21-19(25-22-18)15-9-11-23(12-10-15)20(24)17-13-16(17)14-7-4-3-5-8-14/h3-5,7-8,15-17H,2,6,9-13H2,1H3/t16-,17-/m1/s1. The summed E-state index contributed by atoms with van der Waals surface area (Å²) in [5.41, 5.74) is 1.30. The zero-order chi connectivity index (χ0) is 17.2. The first-order valence-electron chi connectivity index (χ1n) is 9.42. The number of carbonyl (C=O) groups is 1. The van der Waals surface area contributed by atoms with Crippen LogP contribution in [0.15, 0.2) is 34.9 Å². The summed E-state index contributed by atoms with van der Waals surface area (Å²) in [6, 6.07) is 10.4. The van der Waals surface area contributed by atoms with E-state index in [1.54, 1.807) is 0 Å². The molecule has 5 heteroatoms. The summed E-state index contributed by atoms with van der Waals surface area (Å²) >= 11 is 0. The number of hydrogen-bond donors (Lipinski definition) is 0. The average molecular weight is 339 g/mol. The predicted molar refractivity (Wildman–Crippen MR) is 94.1 cm³/mol. The fraction of sp³-hybridized carbons (Fsp3) is 0.550. The van der Waals surface area contributed by atoms with Crippen molar-refractivity contribution in [2.75, 3.05) is 13.1 Å². The lowest BCUT2D eigenvalue weighted by Crippen LogP contribution is -2.39. The zero-order valence-corrected chi connectivity index (χ0v) is 14.7. The van der Waals surface area contributed by atoms with Crippen molar-refractivity contribution < 1.29 is 9.32 Å². The van der Waals surface area contributed by atoms with E-state index in [0.29, 0.717) is 17.7 Å². The Labute approximate surface area is 148 Å². The van der Waals surface area contributed by atoms with Gasteiger partial charge in [-0.1, -0.05) is 42.4 Å². The van der Waals surface area contributed by atoms with Crippen LogP contribution < -0.4 is 0 Å². The Morgan fingerprint density at radius 2 is 2.00 bits per heavy atom. The van der Waals surface area contributed by atoms with Gasteiger partial charge < -0.3 is 9.42 Å². The molecule has 5 nitrogen and oxygen atoms in total. The number of benzene rings is 1. The number of carbonyl (C=O) groups excluding carboxylic acids is 1. The van der Waals surface area contributed by atoms with E-state index in [2.05, 4.69) is 41.3 Å². The third-order valence-electron chi connectivity index (χ3n) is 5.45. The van der Waals surface area contributed by atoms with Gasteiger partial charge in [0.15, 0.2) is 5.82 Å². The molecule has 1 aliphatic carbocycles. The van der Waals surface area contributed by atoms with Crippen LogP contribution in [-0.4, -0.2) is 34.0 Å². The molecule has 1 aromatic heterocycles. The quantitative estimate of drug-likeness (QED) is 0.836. The third kappa shape index (κ3) is 3.46. The Hall–Kier alpha value is -2.17. The Bertz CT molecular complexity index is 720. The maximum absolute atomic E-state index is 12.8. The largest absolute Gasteiger partial charge is 0.342 e. The summed E-state index contributed by atoms with van der Waals surface area (Å²) < 4.78 is 5.42. The first-order chi connectivity index (χ1) is 12.3. The second kappa shape index (κ2) is 6.98. The van der Waals surface area contributed by atoms with Gasteiger partial charge in [-0.2, -0.15) is 4.98 Å². The SMILES string of the molecule is CCCc1noc(C2CCN(C(=O)[C@@H]3C[C@@H]3c3ccccc3)CC2)n1. The molecule has 1 aromatic carbocycles. The Balaban J connectivity index is 1.31. The Morgan fingerprint density at radius 1 is 1.24 bits per heavy atom. The number of aryl methyl sites for hydroxylation is 1. The van der Waals surface area contributed by atoms with Gasteiger partial charge in [-0.15, -0.1) is 0 Å². The van der Waals surface area contributed by atoms with E-state index in [4.69, 9.17) is 4.52 Å². The Kier molecular flexibility index (Phi) is 4.55. The number of piperidine rings is 1. The van der Waals surface area contributed by atoms with Crippen molar-refractivity contribution in [3.8, 4) is 0 Å². The van der Waals surface area contributed by atoms with Crippen LogP contribution in [0, 0.1) is 5.92 Å². The molecule has 2 aliphatic rings. The van der Waals surface area contributed by atoms with Crippen LogP contribution in [0.1, 0.15) is 61.7 Å². The van der Waals surface area contributed by atoms with Crippen molar-refractivity contribution >= 4 is 5.91 Å². The second-order valence-corrected chi connectivity index (χ2v) is 7.26. The van der Waals surface area contributed by atoms with Gasteiger partial charge in [0.2, 0.25) is 11.8 Å². The molecule has 0 bridgehead atoms. The predicted octanol–water partition coefficient (Wildman–Crippen LogP) is 3.53. The molecule has 2 heterocycles. The van der Waals surface area contributed by atoms with Gasteiger partial charge in [0.25, 0.3) is 0 Å². The lowest BCUT2D eigenvalue weighted by molar-refractivity contribution is -0.133.